The molecule has 1 N–H and O–H groups in total. The first-order valence-electron chi connectivity index (χ1n) is 13.6. The van der Waals surface area contributed by atoms with Crippen LogP contribution in [0.2, 0.25) is 0 Å². The lowest BCUT2D eigenvalue weighted by Crippen LogP contribution is -2.11. The second-order valence-corrected chi connectivity index (χ2v) is 11.5. The molecule has 210 valence electrons. The molecule has 3 aromatic rings. The fraction of sp³-hybridized carbons (Fsp3) is 0.364. The van der Waals surface area contributed by atoms with Crippen LogP contribution in [0.15, 0.2) is 66.7 Å². The minimum atomic E-state index is -4.58. The monoisotopic (exact) mass is 552 g/mol. The van der Waals surface area contributed by atoms with Crippen LogP contribution in [0, 0.1) is 17.2 Å². The molecule has 0 radical (unpaired) electrons. The summed E-state index contributed by atoms with van der Waals surface area (Å²) in [5.41, 5.74) is 2.63. The quantitative estimate of drug-likeness (QED) is 0.269. The van der Waals surface area contributed by atoms with Crippen LogP contribution < -0.4 is 4.74 Å². The number of hydrogen-bond acceptors (Lipinski definition) is 2. The van der Waals surface area contributed by atoms with Gasteiger partial charge in [0.05, 0.1) is 12.0 Å². The number of carbonyl (C=O) groups is 1. The van der Waals surface area contributed by atoms with E-state index in [1.54, 1.807) is 12.1 Å². The number of aliphatic carboxylic acids is 1. The number of ether oxygens (including phenoxy) is 1. The van der Waals surface area contributed by atoms with E-state index in [-0.39, 0.29) is 29.9 Å². The van der Waals surface area contributed by atoms with Crippen LogP contribution in [0.5, 0.6) is 5.75 Å². The molecule has 1 saturated carbocycles. The topological polar surface area (TPSA) is 46.5 Å². The lowest BCUT2D eigenvalue weighted by molar-refractivity contribution is -0.138. The third-order valence-electron chi connectivity index (χ3n) is 8.08. The van der Waals surface area contributed by atoms with E-state index in [1.165, 1.54) is 0 Å². The average molecular weight is 553 g/mol. The molecule has 2 aliphatic rings. The fourth-order valence-electron chi connectivity index (χ4n) is 5.75. The first-order chi connectivity index (χ1) is 18.9. The number of allylic oxidation sites excluding steroid dienone is 2. The van der Waals surface area contributed by atoms with Gasteiger partial charge in [0.1, 0.15) is 18.2 Å². The highest BCUT2D eigenvalue weighted by Crippen LogP contribution is 2.48. The highest BCUT2D eigenvalue weighted by Gasteiger charge is 2.35. The van der Waals surface area contributed by atoms with Crippen LogP contribution in [0.3, 0.4) is 0 Å². The Hall–Kier alpha value is -3.61. The molecule has 0 unspecified atom stereocenters. The van der Waals surface area contributed by atoms with E-state index >= 15 is 0 Å². The van der Waals surface area contributed by atoms with Gasteiger partial charge in [-0.2, -0.15) is 13.2 Å². The number of halogens is 4. The van der Waals surface area contributed by atoms with E-state index in [9.17, 15) is 27.5 Å². The summed E-state index contributed by atoms with van der Waals surface area (Å²) in [5, 5.41) is 9.36. The summed E-state index contributed by atoms with van der Waals surface area (Å²) in [6.45, 7) is 4.36. The van der Waals surface area contributed by atoms with Crippen LogP contribution >= 0.6 is 0 Å². The molecule has 5 rings (SSSR count). The largest absolute Gasteiger partial charge is 0.489 e. The first kappa shape index (κ1) is 27.9. The SMILES string of the molecule is CC1(C)CCC=C1c1cc(COc2cccc([C@H](CC(=O)O)C3CC3)c2)ccc1-c1cc(C(F)(F)F)ccc1F. The molecule has 3 nitrogen and oxygen atoms in total. The van der Waals surface area contributed by atoms with Gasteiger partial charge in [0.15, 0.2) is 0 Å². The lowest BCUT2D eigenvalue weighted by atomic mass is 9.79. The molecule has 7 heteroatoms. The van der Waals surface area contributed by atoms with Gasteiger partial charge in [-0.3, -0.25) is 4.79 Å². The number of carboxylic acid groups (broad SMARTS) is 1. The summed E-state index contributed by atoms with van der Waals surface area (Å²) in [6, 6.07) is 15.3. The molecule has 0 saturated heterocycles. The van der Waals surface area contributed by atoms with Gasteiger partial charge in [0, 0.05) is 5.56 Å². The van der Waals surface area contributed by atoms with E-state index < -0.39 is 23.5 Å². The van der Waals surface area contributed by atoms with Crippen molar-refractivity contribution in [3.8, 4) is 16.9 Å². The Morgan fingerprint density at radius 2 is 1.80 bits per heavy atom. The van der Waals surface area contributed by atoms with Gasteiger partial charge in [-0.25, -0.2) is 4.39 Å². The zero-order valence-corrected chi connectivity index (χ0v) is 22.5. The van der Waals surface area contributed by atoms with Gasteiger partial charge in [0.25, 0.3) is 0 Å². The summed E-state index contributed by atoms with van der Waals surface area (Å²) in [5.74, 6) is -0.592. The van der Waals surface area contributed by atoms with Crippen molar-refractivity contribution in [2.24, 2.45) is 11.3 Å². The molecular formula is C33H32F4O3. The van der Waals surface area contributed by atoms with Crippen molar-refractivity contribution in [1.29, 1.82) is 0 Å². The standard InChI is InChI=1S/C33H32F4O3/c1-32(2)14-4-7-29(32)27-15-20(8-12-25(27)28-17-23(33(35,36)37)11-13-30(28)34)19-40-24-6-3-5-22(16-24)26(18-31(38)39)21-9-10-21/h3,5-8,11-13,15-17,21,26H,4,9-10,14,18-19H2,1-2H3,(H,38,39)/t26-/m1/s1. The molecule has 0 aromatic heterocycles. The predicted octanol–water partition coefficient (Wildman–Crippen LogP) is 9.26. The van der Waals surface area contributed by atoms with Crippen LogP contribution in [-0.2, 0) is 17.6 Å². The highest BCUT2D eigenvalue weighted by molar-refractivity contribution is 5.85. The van der Waals surface area contributed by atoms with Gasteiger partial charge < -0.3 is 9.84 Å². The van der Waals surface area contributed by atoms with E-state index in [0.29, 0.717) is 22.8 Å². The molecule has 0 aliphatic heterocycles. The predicted molar refractivity (Wildman–Crippen MR) is 146 cm³/mol. The Morgan fingerprint density at radius 3 is 2.45 bits per heavy atom. The van der Waals surface area contributed by atoms with Crippen molar-refractivity contribution < 1.29 is 32.2 Å². The second-order valence-electron chi connectivity index (χ2n) is 11.5. The van der Waals surface area contributed by atoms with Crippen molar-refractivity contribution in [2.75, 3.05) is 0 Å². The van der Waals surface area contributed by atoms with E-state index in [2.05, 4.69) is 19.9 Å². The summed E-state index contributed by atoms with van der Waals surface area (Å²) in [6.07, 6.45) is 1.35. The van der Waals surface area contributed by atoms with Gasteiger partial charge in [-0.15, -0.1) is 0 Å². The van der Waals surface area contributed by atoms with Crippen LogP contribution in [-0.4, -0.2) is 11.1 Å². The third-order valence-corrected chi connectivity index (χ3v) is 8.08. The summed E-state index contributed by atoms with van der Waals surface area (Å²) in [4.78, 5) is 11.4. The summed E-state index contributed by atoms with van der Waals surface area (Å²) < 4.78 is 61.5. The number of benzene rings is 3. The van der Waals surface area contributed by atoms with Gasteiger partial charge in [-0.1, -0.05) is 44.2 Å². The van der Waals surface area contributed by atoms with Crippen molar-refractivity contribution in [1.82, 2.24) is 0 Å². The number of rotatable bonds is 9. The number of hydrogen-bond donors (Lipinski definition) is 1. The Labute approximate surface area is 231 Å². The van der Waals surface area contributed by atoms with Gasteiger partial charge in [-0.05, 0) is 107 Å². The Morgan fingerprint density at radius 1 is 1.02 bits per heavy atom. The molecule has 2 aliphatic carbocycles. The van der Waals surface area contributed by atoms with Gasteiger partial charge >= 0.3 is 12.1 Å². The van der Waals surface area contributed by atoms with Gasteiger partial charge in [0.2, 0.25) is 0 Å². The zero-order chi connectivity index (χ0) is 28.7. The van der Waals surface area contributed by atoms with E-state index in [0.717, 1.165) is 60.6 Å². The average Bonchev–Trinajstić information content (AvgIpc) is 3.67. The van der Waals surface area contributed by atoms with Crippen LogP contribution in [0.25, 0.3) is 16.7 Å². The maximum Gasteiger partial charge on any atom is 0.416 e. The minimum Gasteiger partial charge on any atom is -0.489 e. The molecule has 3 aromatic carbocycles. The summed E-state index contributed by atoms with van der Waals surface area (Å²) in [7, 11) is 0. The third kappa shape index (κ3) is 6.08. The van der Waals surface area contributed by atoms with Crippen molar-refractivity contribution in [3.05, 3.63) is 94.8 Å². The first-order valence-corrected chi connectivity index (χ1v) is 13.6. The van der Waals surface area contributed by atoms with Crippen molar-refractivity contribution in [3.63, 3.8) is 0 Å². The molecule has 0 amide bonds. The van der Waals surface area contributed by atoms with Crippen LogP contribution in [0.1, 0.15) is 74.1 Å². The number of alkyl halides is 3. The second kappa shape index (κ2) is 10.8. The summed E-state index contributed by atoms with van der Waals surface area (Å²) >= 11 is 0. The molecule has 0 spiro atoms. The molecule has 1 fully saturated rings. The Bertz CT molecular complexity index is 1450. The molecule has 0 heterocycles. The Kier molecular flexibility index (Phi) is 7.51. The van der Waals surface area contributed by atoms with Crippen LogP contribution in [0.4, 0.5) is 17.6 Å². The maximum atomic E-state index is 15.0. The Balaban J connectivity index is 1.46. The fourth-order valence-corrected chi connectivity index (χ4v) is 5.75. The minimum absolute atomic E-state index is 0.0502. The number of carboxylic acids is 1. The zero-order valence-electron chi connectivity index (χ0n) is 22.5. The lowest BCUT2D eigenvalue weighted by Gasteiger charge is -2.26. The van der Waals surface area contributed by atoms with Crippen molar-refractivity contribution in [2.45, 2.75) is 64.7 Å². The highest BCUT2D eigenvalue weighted by atomic mass is 19.4. The van der Waals surface area contributed by atoms with E-state index in [1.807, 2.05) is 30.3 Å². The molecule has 0 bridgehead atoms. The van der Waals surface area contributed by atoms with E-state index in [4.69, 9.17) is 4.74 Å². The van der Waals surface area contributed by atoms with Crippen molar-refractivity contribution >= 4 is 11.5 Å². The molecular weight excluding hydrogens is 520 g/mol. The maximum absolute atomic E-state index is 15.0. The normalized spacial score (nSPS) is 17.4. The molecule has 40 heavy (non-hydrogen) atoms. The smallest absolute Gasteiger partial charge is 0.416 e. The molecule has 1 atom stereocenters.